The number of nitrogens with one attached hydrogen (secondary N) is 1. The zero-order valence-corrected chi connectivity index (χ0v) is 12.9. The summed E-state index contributed by atoms with van der Waals surface area (Å²) in [4.78, 5) is 0. The molecule has 1 aliphatic carbocycles. The van der Waals surface area contributed by atoms with E-state index in [1.165, 1.54) is 25.7 Å². The molecule has 3 atom stereocenters. The minimum atomic E-state index is 0.00271. The van der Waals surface area contributed by atoms with Crippen molar-refractivity contribution < 1.29 is 4.74 Å². The van der Waals surface area contributed by atoms with Crippen LogP contribution >= 0.6 is 0 Å². The van der Waals surface area contributed by atoms with Crippen LogP contribution in [0.25, 0.3) is 0 Å². The molecule has 1 spiro atoms. The molecule has 0 aromatic heterocycles. The minimum Gasteiger partial charge on any atom is -0.366 e. The van der Waals surface area contributed by atoms with Gasteiger partial charge in [0.25, 0.3) is 0 Å². The minimum absolute atomic E-state index is 0.00271. The number of hydrogen-bond donors (Lipinski definition) is 1. The van der Waals surface area contributed by atoms with E-state index >= 15 is 0 Å². The van der Waals surface area contributed by atoms with Crippen LogP contribution in [-0.2, 0) is 4.74 Å². The summed E-state index contributed by atoms with van der Waals surface area (Å²) < 4.78 is 6.78. The van der Waals surface area contributed by atoms with Crippen molar-refractivity contribution in [2.45, 2.75) is 71.5 Å². The Kier molecular flexibility index (Phi) is 4.08. The molecule has 1 N–H and O–H groups in total. The molecule has 106 valence electrons. The third kappa shape index (κ3) is 2.46. The largest absolute Gasteiger partial charge is 0.366 e. The molecule has 2 fully saturated rings. The molecule has 1 saturated heterocycles. The fraction of sp³-hybridized carbons (Fsp3) is 1.00. The van der Waals surface area contributed by atoms with E-state index in [9.17, 15) is 0 Å². The van der Waals surface area contributed by atoms with Crippen molar-refractivity contribution >= 4 is 0 Å². The Morgan fingerprint density at radius 2 is 1.83 bits per heavy atom. The van der Waals surface area contributed by atoms with Crippen LogP contribution < -0.4 is 5.32 Å². The third-order valence-corrected chi connectivity index (χ3v) is 5.40. The summed E-state index contributed by atoms with van der Waals surface area (Å²) in [5.41, 5.74) is 0.104. The molecule has 0 amide bonds. The van der Waals surface area contributed by atoms with E-state index in [4.69, 9.17) is 4.74 Å². The maximum absolute atomic E-state index is 6.78. The predicted octanol–water partition coefficient (Wildman–Crippen LogP) is 3.61. The van der Waals surface area contributed by atoms with Crippen molar-refractivity contribution in [3.8, 4) is 0 Å². The van der Waals surface area contributed by atoms with Crippen LogP contribution in [0.3, 0.4) is 0 Å². The Morgan fingerprint density at radius 3 is 2.44 bits per heavy atom. The smallest absolute Gasteiger partial charge is 0.0844 e. The molecule has 2 nitrogen and oxygen atoms in total. The Balaban J connectivity index is 2.22. The Hall–Kier alpha value is -0.0800. The topological polar surface area (TPSA) is 21.3 Å². The van der Waals surface area contributed by atoms with Crippen molar-refractivity contribution in [2.24, 2.45) is 17.8 Å². The second-order valence-corrected chi connectivity index (χ2v) is 7.33. The van der Waals surface area contributed by atoms with Gasteiger partial charge < -0.3 is 10.1 Å². The van der Waals surface area contributed by atoms with Gasteiger partial charge in [-0.25, -0.2) is 0 Å². The molecule has 2 heteroatoms. The van der Waals surface area contributed by atoms with Crippen LogP contribution in [0.15, 0.2) is 0 Å². The van der Waals surface area contributed by atoms with E-state index in [1.54, 1.807) is 0 Å². The van der Waals surface area contributed by atoms with Gasteiger partial charge in [-0.2, -0.15) is 0 Å². The summed E-state index contributed by atoms with van der Waals surface area (Å²) in [5, 5.41) is 3.68. The van der Waals surface area contributed by atoms with Gasteiger partial charge in [-0.05, 0) is 37.5 Å². The molecule has 0 aromatic carbocycles. The highest BCUT2D eigenvalue weighted by molar-refractivity contribution is 5.02. The molecular weight excluding hydrogens is 222 g/mol. The Morgan fingerprint density at radius 1 is 1.11 bits per heavy atom. The monoisotopic (exact) mass is 253 g/mol. The highest BCUT2D eigenvalue weighted by Gasteiger charge is 2.50. The summed E-state index contributed by atoms with van der Waals surface area (Å²) >= 11 is 0. The van der Waals surface area contributed by atoms with E-state index in [2.05, 4.69) is 39.9 Å². The lowest BCUT2D eigenvalue weighted by molar-refractivity contribution is -0.228. The lowest BCUT2D eigenvalue weighted by Gasteiger charge is -2.55. The van der Waals surface area contributed by atoms with E-state index in [-0.39, 0.29) is 11.2 Å². The first-order valence-corrected chi connectivity index (χ1v) is 7.80. The molecule has 1 heterocycles. The van der Waals surface area contributed by atoms with Crippen LogP contribution in [0, 0.1) is 17.8 Å². The number of hydrogen-bond acceptors (Lipinski definition) is 2. The van der Waals surface area contributed by atoms with Crippen LogP contribution in [-0.4, -0.2) is 24.3 Å². The quantitative estimate of drug-likeness (QED) is 0.812. The van der Waals surface area contributed by atoms with Crippen molar-refractivity contribution in [3.05, 3.63) is 0 Å². The van der Waals surface area contributed by atoms with Crippen molar-refractivity contribution in [1.82, 2.24) is 5.32 Å². The molecule has 18 heavy (non-hydrogen) atoms. The van der Waals surface area contributed by atoms with Crippen LogP contribution in [0.5, 0.6) is 0 Å². The first-order valence-electron chi connectivity index (χ1n) is 7.80. The molecule has 1 saturated carbocycles. The molecule has 2 aliphatic rings. The van der Waals surface area contributed by atoms with Crippen LogP contribution in [0.1, 0.15) is 60.3 Å². The zero-order valence-electron chi connectivity index (χ0n) is 12.9. The van der Waals surface area contributed by atoms with Crippen molar-refractivity contribution in [3.63, 3.8) is 0 Å². The first kappa shape index (κ1) is 14.3. The summed E-state index contributed by atoms with van der Waals surface area (Å²) in [5.74, 6) is 2.01. The maximum atomic E-state index is 6.78. The summed E-state index contributed by atoms with van der Waals surface area (Å²) in [6.45, 7) is 13.6. The average Bonchev–Trinajstić information content (AvgIpc) is 2.28. The van der Waals surface area contributed by atoms with Gasteiger partial charge >= 0.3 is 0 Å². The molecule has 0 aromatic rings. The molecule has 3 unspecified atom stereocenters. The molecular formula is C16H31NO. The highest BCUT2D eigenvalue weighted by atomic mass is 16.5. The Bertz CT molecular complexity index is 285. The van der Waals surface area contributed by atoms with Gasteiger partial charge in [0.2, 0.25) is 0 Å². The van der Waals surface area contributed by atoms with E-state index < -0.39 is 0 Å². The number of morpholine rings is 1. The predicted molar refractivity (Wildman–Crippen MR) is 76.7 cm³/mol. The molecule has 2 rings (SSSR count). The van der Waals surface area contributed by atoms with Gasteiger partial charge in [-0.3, -0.25) is 0 Å². The van der Waals surface area contributed by atoms with Gasteiger partial charge in [0, 0.05) is 13.1 Å². The average molecular weight is 253 g/mol. The SMILES string of the molecule is CC(C)C1CCCCC12CNCC(C)(C(C)C)O2. The highest BCUT2D eigenvalue weighted by Crippen LogP contribution is 2.45. The van der Waals surface area contributed by atoms with Gasteiger partial charge in [-0.1, -0.05) is 40.5 Å². The summed E-state index contributed by atoms with van der Waals surface area (Å²) in [6, 6.07) is 0. The lowest BCUT2D eigenvalue weighted by atomic mass is 9.68. The second kappa shape index (κ2) is 5.13. The van der Waals surface area contributed by atoms with Gasteiger partial charge in [0.1, 0.15) is 0 Å². The van der Waals surface area contributed by atoms with Crippen LogP contribution in [0.2, 0.25) is 0 Å². The van der Waals surface area contributed by atoms with E-state index in [0.29, 0.717) is 5.92 Å². The van der Waals surface area contributed by atoms with Gasteiger partial charge in [0.05, 0.1) is 11.2 Å². The van der Waals surface area contributed by atoms with Crippen LogP contribution in [0.4, 0.5) is 0 Å². The zero-order chi connectivity index (χ0) is 13.4. The summed E-state index contributed by atoms with van der Waals surface area (Å²) in [6.07, 6.45) is 5.30. The van der Waals surface area contributed by atoms with Crippen molar-refractivity contribution in [1.29, 1.82) is 0 Å². The number of rotatable bonds is 2. The third-order valence-electron chi connectivity index (χ3n) is 5.40. The molecule has 1 aliphatic heterocycles. The fourth-order valence-corrected chi connectivity index (χ4v) is 3.90. The standard InChI is InChI=1S/C16H31NO/c1-12(2)14-8-6-7-9-16(14)11-17-10-15(5,18-16)13(3)4/h12-14,17H,6-11H2,1-5H3. The second-order valence-electron chi connectivity index (χ2n) is 7.33. The normalized spacial score (nSPS) is 41.8. The molecule has 0 radical (unpaired) electrons. The summed E-state index contributed by atoms with van der Waals surface area (Å²) in [7, 11) is 0. The van der Waals surface area contributed by atoms with E-state index in [0.717, 1.165) is 24.9 Å². The van der Waals surface area contributed by atoms with Gasteiger partial charge in [-0.15, -0.1) is 0 Å². The first-order chi connectivity index (χ1) is 8.40. The number of ether oxygens (including phenoxy) is 1. The maximum Gasteiger partial charge on any atom is 0.0844 e. The fourth-order valence-electron chi connectivity index (χ4n) is 3.90. The van der Waals surface area contributed by atoms with Gasteiger partial charge in [0.15, 0.2) is 0 Å². The van der Waals surface area contributed by atoms with E-state index in [1.807, 2.05) is 0 Å². The lowest BCUT2D eigenvalue weighted by Crippen LogP contribution is -2.65. The van der Waals surface area contributed by atoms with Crippen molar-refractivity contribution in [2.75, 3.05) is 13.1 Å². The molecule has 0 bridgehead atoms. The Labute approximate surface area is 113 Å².